The van der Waals surface area contributed by atoms with Gasteiger partial charge in [-0.25, -0.2) is 0 Å². The average Bonchev–Trinajstić information content (AvgIpc) is 2.41. The highest BCUT2D eigenvalue weighted by Crippen LogP contribution is 2.25. The first kappa shape index (κ1) is 12.0. The summed E-state index contributed by atoms with van der Waals surface area (Å²) in [6.45, 7) is 5.26. The SMILES string of the molecule is C=Nc1ccc(N=Nc2ccc(O)c(C)c2)cc1. The van der Waals surface area contributed by atoms with E-state index in [0.717, 1.165) is 16.9 Å². The summed E-state index contributed by atoms with van der Waals surface area (Å²) in [7, 11) is 0. The number of rotatable bonds is 3. The first-order valence-electron chi connectivity index (χ1n) is 5.47. The summed E-state index contributed by atoms with van der Waals surface area (Å²) in [5.41, 5.74) is 3.02. The van der Waals surface area contributed by atoms with Crippen LogP contribution in [0.1, 0.15) is 5.56 Å². The lowest BCUT2D eigenvalue weighted by Gasteiger charge is -1.98. The van der Waals surface area contributed by atoms with Crippen LogP contribution in [0.15, 0.2) is 57.7 Å². The van der Waals surface area contributed by atoms with Crippen LogP contribution in [0.4, 0.5) is 17.1 Å². The molecule has 0 spiro atoms. The highest BCUT2D eigenvalue weighted by molar-refractivity contribution is 5.51. The standard InChI is InChI=1S/C14H13N3O/c1-10-9-13(7-8-14(10)18)17-16-12-5-3-11(15-2)4-6-12/h3-9,18H,2H2,1H3. The molecule has 0 aromatic heterocycles. The molecular weight excluding hydrogens is 226 g/mol. The lowest BCUT2D eigenvalue weighted by Crippen LogP contribution is -1.72. The van der Waals surface area contributed by atoms with Gasteiger partial charge in [0.25, 0.3) is 0 Å². The second-order valence-corrected chi connectivity index (χ2v) is 3.85. The Hall–Kier alpha value is -2.49. The van der Waals surface area contributed by atoms with Crippen molar-refractivity contribution in [3.8, 4) is 5.75 Å². The summed E-state index contributed by atoms with van der Waals surface area (Å²) in [5, 5.41) is 17.6. The first-order chi connectivity index (χ1) is 8.69. The number of azo groups is 1. The summed E-state index contributed by atoms with van der Waals surface area (Å²) < 4.78 is 0. The molecule has 2 rings (SSSR count). The van der Waals surface area contributed by atoms with Gasteiger partial charge in [-0.2, -0.15) is 10.2 Å². The Kier molecular flexibility index (Phi) is 3.48. The van der Waals surface area contributed by atoms with Crippen LogP contribution in [0.2, 0.25) is 0 Å². The van der Waals surface area contributed by atoms with Gasteiger partial charge in [0.15, 0.2) is 0 Å². The van der Waals surface area contributed by atoms with Crippen molar-refractivity contribution in [2.45, 2.75) is 6.92 Å². The van der Waals surface area contributed by atoms with Crippen molar-refractivity contribution < 1.29 is 5.11 Å². The molecule has 2 aromatic rings. The fourth-order valence-corrected chi connectivity index (χ4v) is 1.44. The third-order valence-corrected chi connectivity index (χ3v) is 2.49. The van der Waals surface area contributed by atoms with Crippen LogP contribution in [-0.2, 0) is 0 Å². The van der Waals surface area contributed by atoms with Crippen molar-refractivity contribution in [2.75, 3.05) is 0 Å². The van der Waals surface area contributed by atoms with Crippen LogP contribution in [-0.4, -0.2) is 11.8 Å². The predicted molar refractivity (Wildman–Crippen MR) is 72.7 cm³/mol. The van der Waals surface area contributed by atoms with Crippen LogP contribution in [0, 0.1) is 6.92 Å². The number of phenols is 1. The van der Waals surface area contributed by atoms with Crippen LogP contribution in [0.5, 0.6) is 5.75 Å². The van der Waals surface area contributed by atoms with Gasteiger partial charge >= 0.3 is 0 Å². The molecule has 0 radical (unpaired) electrons. The summed E-state index contributed by atoms with van der Waals surface area (Å²) in [5.74, 6) is 0.260. The van der Waals surface area contributed by atoms with E-state index in [0.29, 0.717) is 5.69 Å². The normalized spacial score (nSPS) is 10.7. The van der Waals surface area contributed by atoms with Gasteiger partial charge in [0.2, 0.25) is 0 Å². The average molecular weight is 239 g/mol. The molecule has 0 aliphatic rings. The Balaban J connectivity index is 2.18. The van der Waals surface area contributed by atoms with Crippen LogP contribution >= 0.6 is 0 Å². The molecule has 0 saturated carbocycles. The molecule has 2 aromatic carbocycles. The van der Waals surface area contributed by atoms with E-state index < -0.39 is 0 Å². The van der Waals surface area contributed by atoms with Crippen molar-refractivity contribution in [3.63, 3.8) is 0 Å². The molecule has 0 saturated heterocycles. The van der Waals surface area contributed by atoms with Crippen LogP contribution in [0.25, 0.3) is 0 Å². The maximum atomic E-state index is 9.40. The lowest BCUT2D eigenvalue weighted by molar-refractivity contribution is 0.471. The number of aliphatic imine (C=N–C) groups is 1. The second-order valence-electron chi connectivity index (χ2n) is 3.85. The van der Waals surface area contributed by atoms with Gasteiger partial charge in [0.1, 0.15) is 5.75 Å². The fourth-order valence-electron chi connectivity index (χ4n) is 1.44. The minimum Gasteiger partial charge on any atom is -0.508 e. The topological polar surface area (TPSA) is 57.3 Å². The van der Waals surface area contributed by atoms with Crippen molar-refractivity contribution in [2.24, 2.45) is 15.2 Å². The largest absolute Gasteiger partial charge is 0.508 e. The number of phenolic OH excluding ortho intramolecular Hbond substituents is 1. The summed E-state index contributed by atoms with van der Waals surface area (Å²) >= 11 is 0. The molecule has 0 aliphatic heterocycles. The molecule has 90 valence electrons. The van der Waals surface area contributed by atoms with Crippen LogP contribution < -0.4 is 0 Å². The molecule has 18 heavy (non-hydrogen) atoms. The molecule has 0 aliphatic carbocycles. The number of benzene rings is 2. The van der Waals surface area contributed by atoms with E-state index in [2.05, 4.69) is 21.9 Å². The second kappa shape index (κ2) is 5.23. The van der Waals surface area contributed by atoms with Crippen molar-refractivity contribution in [1.82, 2.24) is 0 Å². The Morgan fingerprint density at radius 1 is 0.889 bits per heavy atom. The van der Waals surface area contributed by atoms with Gasteiger partial charge in [-0.05, 0) is 61.7 Å². The molecule has 0 atom stereocenters. The zero-order valence-electron chi connectivity index (χ0n) is 10.0. The monoisotopic (exact) mass is 239 g/mol. The fraction of sp³-hybridized carbons (Fsp3) is 0.0714. The summed E-state index contributed by atoms with van der Waals surface area (Å²) in [6, 6.07) is 12.4. The van der Waals surface area contributed by atoms with E-state index in [4.69, 9.17) is 0 Å². The Morgan fingerprint density at radius 2 is 1.44 bits per heavy atom. The molecular formula is C14H13N3O. The van der Waals surface area contributed by atoms with Gasteiger partial charge in [-0.1, -0.05) is 0 Å². The van der Waals surface area contributed by atoms with Crippen molar-refractivity contribution in [1.29, 1.82) is 0 Å². The number of aromatic hydroxyl groups is 1. The van der Waals surface area contributed by atoms with Crippen molar-refractivity contribution in [3.05, 3.63) is 48.0 Å². The molecule has 4 nitrogen and oxygen atoms in total. The summed E-state index contributed by atoms with van der Waals surface area (Å²) in [6.07, 6.45) is 0. The molecule has 0 fully saturated rings. The molecule has 4 heteroatoms. The summed E-state index contributed by atoms with van der Waals surface area (Å²) in [4.78, 5) is 3.80. The number of hydrogen-bond acceptors (Lipinski definition) is 4. The molecule has 1 N–H and O–H groups in total. The first-order valence-corrected chi connectivity index (χ1v) is 5.47. The number of hydrogen-bond donors (Lipinski definition) is 1. The van der Waals surface area contributed by atoms with Gasteiger partial charge in [0.05, 0.1) is 17.1 Å². The quantitative estimate of drug-likeness (QED) is 0.624. The van der Waals surface area contributed by atoms with Gasteiger partial charge in [0, 0.05) is 0 Å². The van der Waals surface area contributed by atoms with Gasteiger partial charge in [-0.15, -0.1) is 0 Å². The van der Waals surface area contributed by atoms with E-state index in [1.54, 1.807) is 18.2 Å². The van der Waals surface area contributed by atoms with E-state index >= 15 is 0 Å². The van der Waals surface area contributed by atoms with Crippen LogP contribution in [0.3, 0.4) is 0 Å². The van der Waals surface area contributed by atoms with E-state index in [-0.39, 0.29) is 5.75 Å². The van der Waals surface area contributed by atoms with E-state index in [9.17, 15) is 5.11 Å². The maximum absolute atomic E-state index is 9.40. The Bertz CT molecular complexity index is 588. The smallest absolute Gasteiger partial charge is 0.118 e. The Morgan fingerprint density at radius 3 is 2.06 bits per heavy atom. The van der Waals surface area contributed by atoms with Gasteiger partial charge in [-0.3, -0.25) is 4.99 Å². The zero-order valence-corrected chi connectivity index (χ0v) is 10.0. The number of nitrogens with zero attached hydrogens (tertiary/aromatic N) is 3. The molecule has 0 bridgehead atoms. The Labute approximate surface area is 105 Å². The molecule has 0 amide bonds. The van der Waals surface area contributed by atoms with Gasteiger partial charge < -0.3 is 5.11 Å². The van der Waals surface area contributed by atoms with Crippen molar-refractivity contribution >= 4 is 23.8 Å². The van der Waals surface area contributed by atoms with E-state index in [1.807, 2.05) is 31.2 Å². The molecule has 0 heterocycles. The third kappa shape index (κ3) is 2.79. The number of aryl methyl sites for hydroxylation is 1. The highest BCUT2D eigenvalue weighted by atomic mass is 16.3. The zero-order chi connectivity index (χ0) is 13.0. The molecule has 0 unspecified atom stereocenters. The minimum atomic E-state index is 0.260. The lowest BCUT2D eigenvalue weighted by atomic mass is 10.2. The highest BCUT2D eigenvalue weighted by Gasteiger charge is 1.97. The van der Waals surface area contributed by atoms with E-state index in [1.165, 1.54) is 0 Å². The maximum Gasteiger partial charge on any atom is 0.118 e. The minimum absolute atomic E-state index is 0.260. The third-order valence-electron chi connectivity index (χ3n) is 2.49. The predicted octanol–water partition coefficient (Wildman–Crippen LogP) is 4.45.